The van der Waals surface area contributed by atoms with Crippen molar-refractivity contribution < 1.29 is 4.74 Å². The molecule has 0 fully saturated rings. The molecule has 0 radical (unpaired) electrons. The molecular weight excluding hydrogens is 338 g/mol. The van der Waals surface area contributed by atoms with Crippen LogP contribution in [0.3, 0.4) is 0 Å². The molecule has 1 aromatic heterocycles. The Morgan fingerprint density at radius 1 is 0.963 bits per heavy atom. The Balaban J connectivity index is 1.74. The highest BCUT2D eigenvalue weighted by molar-refractivity contribution is 5.63. The number of para-hydroxylation sites is 2. The molecule has 0 atom stereocenters. The number of nitrogens with one attached hydrogen (secondary N) is 2. The first kappa shape index (κ1) is 18.6. The molecule has 0 saturated heterocycles. The van der Waals surface area contributed by atoms with Crippen molar-refractivity contribution in [2.24, 2.45) is 0 Å². The predicted molar refractivity (Wildman–Crippen MR) is 109 cm³/mol. The second-order valence-corrected chi connectivity index (χ2v) is 7.17. The standard InChI is InChI=1S/C21H25N5O/c1-5-27-18-9-7-6-8-17(18)24-20-25-19(14-22-26-20)23-16-12-10-15(11-13-16)21(2,3)4/h6-14H,5H2,1-4H3,(H2,23,24,25,26). The van der Waals surface area contributed by atoms with Crippen LogP contribution in [0.2, 0.25) is 0 Å². The summed E-state index contributed by atoms with van der Waals surface area (Å²) in [7, 11) is 0. The van der Waals surface area contributed by atoms with Gasteiger partial charge in [-0.1, -0.05) is 45.0 Å². The van der Waals surface area contributed by atoms with E-state index >= 15 is 0 Å². The van der Waals surface area contributed by atoms with Crippen LogP contribution in [0, 0.1) is 0 Å². The molecule has 27 heavy (non-hydrogen) atoms. The first-order valence-corrected chi connectivity index (χ1v) is 9.02. The molecule has 0 saturated carbocycles. The van der Waals surface area contributed by atoms with Crippen LogP contribution in [0.15, 0.2) is 54.7 Å². The van der Waals surface area contributed by atoms with Crippen molar-refractivity contribution in [2.75, 3.05) is 17.2 Å². The van der Waals surface area contributed by atoms with Crippen LogP contribution in [0.5, 0.6) is 5.75 Å². The van der Waals surface area contributed by atoms with E-state index in [-0.39, 0.29) is 5.41 Å². The summed E-state index contributed by atoms with van der Waals surface area (Å²) in [6.07, 6.45) is 1.59. The predicted octanol–water partition coefficient (Wildman–Crippen LogP) is 5.06. The molecule has 0 aliphatic heterocycles. The second-order valence-electron chi connectivity index (χ2n) is 7.17. The van der Waals surface area contributed by atoms with Gasteiger partial charge in [0.15, 0.2) is 5.82 Å². The second kappa shape index (κ2) is 8.03. The molecule has 2 N–H and O–H groups in total. The van der Waals surface area contributed by atoms with Crippen LogP contribution in [-0.4, -0.2) is 21.8 Å². The monoisotopic (exact) mass is 363 g/mol. The maximum absolute atomic E-state index is 5.62. The van der Waals surface area contributed by atoms with Gasteiger partial charge in [-0.15, -0.1) is 5.10 Å². The van der Waals surface area contributed by atoms with Crippen LogP contribution in [0.25, 0.3) is 0 Å². The molecule has 0 aliphatic carbocycles. The zero-order chi connectivity index (χ0) is 19.3. The average molecular weight is 363 g/mol. The Morgan fingerprint density at radius 2 is 1.70 bits per heavy atom. The van der Waals surface area contributed by atoms with Crippen molar-refractivity contribution in [3.8, 4) is 5.75 Å². The number of hydrogen-bond acceptors (Lipinski definition) is 6. The van der Waals surface area contributed by atoms with Gasteiger partial charge in [-0.3, -0.25) is 0 Å². The third-order valence-corrected chi connectivity index (χ3v) is 4.02. The normalized spacial score (nSPS) is 11.1. The Morgan fingerprint density at radius 3 is 2.41 bits per heavy atom. The molecule has 0 spiro atoms. The fraction of sp³-hybridized carbons (Fsp3) is 0.286. The van der Waals surface area contributed by atoms with Crippen LogP contribution in [0.1, 0.15) is 33.3 Å². The van der Waals surface area contributed by atoms with Crippen LogP contribution in [-0.2, 0) is 5.41 Å². The Kier molecular flexibility index (Phi) is 5.54. The van der Waals surface area contributed by atoms with Gasteiger partial charge < -0.3 is 15.4 Å². The van der Waals surface area contributed by atoms with E-state index in [0.717, 1.165) is 17.1 Å². The lowest BCUT2D eigenvalue weighted by Gasteiger charge is -2.19. The van der Waals surface area contributed by atoms with Crippen LogP contribution < -0.4 is 15.4 Å². The van der Waals surface area contributed by atoms with Gasteiger partial charge in [-0.25, -0.2) is 0 Å². The summed E-state index contributed by atoms with van der Waals surface area (Å²) in [4.78, 5) is 4.48. The molecule has 0 amide bonds. The van der Waals surface area contributed by atoms with Crippen LogP contribution >= 0.6 is 0 Å². The highest BCUT2D eigenvalue weighted by Gasteiger charge is 2.13. The molecule has 0 aliphatic rings. The topological polar surface area (TPSA) is 72.0 Å². The number of hydrogen-bond donors (Lipinski definition) is 2. The summed E-state index contributed by atoms with van der Waals surface area (Å²) in [5.41, 5.74) is 3.15. The summed E-state index contributed by atoms with van der Waals surface area (Å²) in [6, 6.07) is 16.0. The number of anilines is 4. The smallest absolute Gasteiger partial charge is 0.249 e. The molecule has 1 heterocycles. The molecule has 0 bridgehead atoms. The maximum Gasteiger partial charge on any atom is 0.249 e. The fourth-order valence-electron chi connectivity index (χ4n) is 2.59. The fourth-order valence-corrected chi connectivity index (χ4v) is 2.59. The van der Waals surface area contributed by atoms with Crippen molar-refractivity contribution >= 4 is 23.1 Å². The van der Waals surface area contributed by atoms with Crippen molar-refractivity contribution in [2.45, 2.75) is 33.1 Å². The minimum absolute atomic E-state index is 0.125. The van der Waals surface area contributed by atoms with E-state index in [1.807, 2.05) is 43.3 Å². The van der Waals surface area contributed by atoms with Gasteiger partial charge >= 0.3 is 0 Å². The largest absolute Gasteiger partial charge is 0.492 e. The van der Waals surface area contributed by atoms with Gasteiger partial charge in [0.25, 0.3) is 0 Å². The number of aromatic nitrogens is 3. The van der Waals surface area contributed by atoms with Gasteiger partial charge in [-0.05, 0) is 42.2 Å². The molecule has 3 rings (SSSR count). The highest BCUT2D eigenvalue weighted by atomic mass is 16.5. The van der Waals surface area contributed by atoms with Gasteiger partial charge in [0.05, 0.1) is 18.5 Å². The van der Waals surface area contributed by atoms with Gasteiger partial charge in [0.1, 0.15) is 5.75 Å². The van der Waals surface area contributed by atoms with E-state index in [0.29, 0.717) is 18.4 Å². The van der Waals surface area contributed by atoms with Crippen molar-refractivity contribution in [3.05, 3.63) is 60.3 Å². The maximum atomic E-state index is 5.62. The van der Waals surface area contributed by atoms with E-state index in [4.69, 9.17) is 4.74 Å². The number of ether oxygens (including phenoxy) is 1. The molecular formula is C21H25N5O. The summed E-state index contributed by atoms with van der Waals surface area (Å²) < 4.78 is 5.62. The SMILES string of the molecule is CCOc1ccccc1Nc1nncc(Nc2ccc(C(C)(C)C)cc2)n1. The summed E-state index contributed by atoms with van der Waals surface area (Å²) in [6.45, 7) is 9.12. The number of nitrogens with zero attached hydrogens (tertiary/aromatic N) is 3. The van der Waals surface area contributed by atoms with E-state index in [2.05, 4.69) is 58.7 Å². The van der Waals surface area contributed by atoms with Crippen molar-refractivity contribution in [1.29, 1.82) is 0 Å². The Labute approximate surface area is 160 Å². The quantitative estimate of drug-likeness (QED) is 0.638. The lowest BCUT2D eigenvalue weighted by atomic mass is 9.87. The average Bonchev–Trinajstić information content (AvgIpc) is 2.64. The Hall–Kier alpha value is -3.15. The van der Waals surface area contributed by atoms with E-state index in [9.17, 15) is 0 Å². The van der Waals surface area contributed by atoms with E-state index < -0.39 is 0 Å². The lowest BCUT2D eigenvalue weighted by Crippen LogP contribution is -2.10. The molecule has 0 unspecified atom stereocenters. The molecule has 6 heteroatoms. The molecule has 3 aromatic rings. The van der Waals surface area contributed by atoms with Gasteiger partial charge in [0, 0.05) is 5.69 Å². The van der Waals surface area contributed by atoms with E-state index in [1.54, 1.807) is 6.20 Å². The first-order chi connectivity index (χ1) is 13.0. The summed E-state index contributed by atoms with van der Waals surface area (Å²) >= 11 is 0. The summed E-state index contributed by atoms with van der Waals surface area (Å²) in [5.74, 6) is 1.77. The third-order valence-electron chi connectivity index (χ3n) is 4.02. The first-order valence-electron chi connectivity index (χ1n) is 9.02. The summed E-state index contributed by atoms with van der Waals surface area (Å²) in [5, 5.41) is 14.5. The zero-order valence-corrected chi connectivity index (χ0v) is 16.2. The molecule has 6 nitrogen and oxygen atoms in total. The Bertz CT molecular complexity index is 888. The van der Waals surface area contributed by atoms with Gasteiger partial charge in [0.2, 0.25) is 5.95 Å². The number of benzene rings is 2. The van der Waals surface area contributed by atoms with Crippen molar-refractivity contribution in [3.63, 3.8) is 0 Å². The van der Waals surface area contributed by atoms with Gasteiger partial charge in [-0.2, -0.15) is 10.1 Å². The lowest BCUT2D eigenvalue weighted by molar-refractivity contribution is 0.342. The third kappa shape index (κ3) is 4.94. The van der Waals surface area contributed by atoms with E-state index in [1.165, 1.54) is 5.56 Å². The molecule has 140 valence electrons. The van der Waals surface area contributed by atoms with Crippen LogP contribution in [0.4, 0.5) is 23.1 Å². The minimum Gasteiger partial charge on any atom is -0.492 e. The minimum atomic E-state index is 0.125. The zero-order valence-electron chi connectivity index (χ0n) is 16.2. The highest BCUT2D eigenvalue weighted by Crippen LogP contribution is 2.27. The number of rotatable bonds is 6. The van der Waals surface area contributed by atoms with Crippen molar-refractivity contribution in [1.82, 2.24) is 15.2 Å². The molecule has 2 aromatic carbocycles.